The first-order chi connectivity index (χ1) is 6.83. The molecule has 1 heterocycles. The molecule has 0 amide bonds. The molecule has 2 rings (SSSR count). The van der Waals surface area contributed by atoms with Gasteiger partial charge in [0.1, 0.15) is 11.3 Å². The predicted molar refractivity (Wildman–Crippen MR) is 54.5 cm³/mol. The van der Waals surface area contributed by atoms with E-state index in [1.807, 2.05) is 18.2 Å². The largest absolute Gasteiger partial charge is 0.497 e. The molecule has 0 radical (unpaired) electrons. The second-order valence-corrected chi connectivity index (χ2v) is 2.93. The highest BCUT2D eigenvalue weighted by atomic mass is 16.5. The van der Waals surface area contributed by atoms with E-state index in [-0.39, 0.29) is 0 Å². The molecule has 3 nitrogen and oxygen atoms in total. The molecule has 0 atom stereocenters. The van der Waals surface area contributed by atoms with Crippen LogP contribution < -0.4 is 4.74 Å². The SMILES string of the molecule is C=CCc1nc2ccc(OC)cc2o1. The van der Waals surface area contributed by atoms with Crippen molar-refractivity contribution in [2.24, 2.45) is 0 Å². The van der Waals surface area contributed by atoms with Crippen molar-refractivity contribution < 1.29 is 9.15 Å². The fourth-order valence-electron chi connectivity index (χ4n) is 1.29. The summed E-state index contributed by atoms with van der Waals surface area (Å²) in [6, 6.07) is 5.57. The minimum atomic E-state index is 0.650. The predicted octanol–water partition coefficient (Wildman–Crippen LogP) is 2.56. The van der Waals surface area contributed by atoms with E-state index in [1.54, 1.807) is 13.2 Å². The molecule has 3 heteroatoms. The lowest BCUT2D eigenvalue weighted by atomic mass is 10.3. The van der Waals surface area contributed by atoms with E-state index in [9.17, 15) is 0 Å². The molecule has 1 aromatic carbocycles. The summed E-state index contributed by atoms with van der Waals surface area (Å²) in [5.74, 6) is 1.46. The zero-order chi connectivity index (χ0) is 9.97. The monoisotopic (exact) mass is 189 g/mol. The lowest BCUT2D eigenvalue weighted by molar-refractivity contribution is 0.414. The highest BCUT2D eigenvalue weighted by Crippen LogP contribution is 2.21. The van der Waals surface area contributed by atoms with Crippen molar-refractivity contribution in [1.29, 1.82) is 0 Å². The Morgan fingerprint density at radius 1 is 1.57 bits per heavy atom. The zero-order valence-electron chi connectivity index (χ0n) is 7.99. The van der Waals surface area contributed by atoms with Crippen LogP contribution in [-0.4, -0.2) is 12.1 Å². The van der Waals surface area contributed by atoms with Crippen molar-refractivity contribution in [3.05, 3.63) is 36.7 Å². The zero-order valence-corrected chi connectivity index (χ0v) is 7.99. The quantitative estimate of drug-likeness (QED) is 0.696. The van der Waals surface area contributed by atoms with Gasteiger partial charge in [-0.2, -0.15) is 0 Å². The Bertz CT molecular complexity index is 459. The first kappa shape index (κ1) is 8.81. The van der Waals surface area contributed by atoms with Crippen LogP contribution >= 0.6 is 0 Å². The summed E-state index contributed by atoms with van der Waals surface area (Å²) in [4.78, 5) is 4.28. The molecular formula is C11H11NO2. The molecule has 0 N–H and O–H groups in total. The van der Waals surface area contributed by atoms with Crippen molar-refractivity contribution >= 4 is 11.1 Å². The summed E-state index contributed by atoms with van der Waals surface area (Å²) in [6.45, 7) is 3.64. The van der Waals surface area contributed by atoms with Gasteiger partial charge in [0.05, 0.1) is 7.11 Å². The van der Waals surface area contributed by atoms with Gasteiger partial charge in [-0.25, -0.2) is 4.98 Å². The van der Waals surface area contributed by atoms with Crippen molar-refractivity contribution in [1.82, 2.24) is 4.98 Å². The molecule has 0 aliphatic rings. The van der Waals surface area contributed by atoms with Gasteiger partial charge in [-0.3, -0.25) is 0 Å². The van der Waals surface area contributed by atoms with Crippen LogP contribution in [0.15, 0.2) is 35.3 Å². The number of benzene rings is 1. The summed E-state index contributed by atoms with van der Waals surface area (Å²) < 4.78 is 10.6. The summed E-state index contributed by atoms with van der Waals surface area (Å²) in [5, 5.41) is 0. The van der Waals surface area contributed by atoms with E-state index >= 15 is 0 Å². The van der Waals surface area contributed by atoms with Gasteiger partial charge in [-0.1, -0.05) is 6.08 Å². The fourth-order valence-corrected chi connectivity index (χ4v) is 1.29. The van der Waals surface area contributed by atoms with Crippen LogP contribution in [0.4, 0.5) is 0 Å². The molecule has 0 bridgehead atoms. The van der Waals surface area contributed by atoms with Gasteiger partial charge in [0.2, 0.25) is 0 Å². The Morgan fingerprint density at radius 3 is 3.14 bits per heavy atom. The molecule has 1 aromatic heterocycles. The number of methoxy groups -OCH3 is 1. The van der Waals surface area contributed by atoms with Gasteiger partial charge < -0.3 is 9.15 Å². The van der Waals surface area contributed by atoms with E-state index in [4.69, 9.17) is 9.15 Å². The van der Waals surface area contributed by atoms with Gasteiger partial charge in [-0.05, 0) is 12.1 Å². The molecule has 0 saturated heterocycles. The number of hydrogen-bond acceptors (Lipinski definition) is 3. The Hall–Kier alpha value is -1.77. The van der Waals surface area contributed by atoms with Crippen LogP contribution in [0.25, 0.3) is 11.1 Å². The van der Waals surface area contributed by atoms with Gasteiger partial charge in [-0.15, -0.1) is 6.58 Å². The van der Waals surface area contributed by atoms with Gasteiger partial charge >= 0.3 is 0 Å². The Labute approximate surface area is 82.0 Å². The lowest BCUT2D eigenvalue weighted by Crippen LogP contribution is -1.80. The molecule has 14 heavy (non-hydrogen) atoms. The molecule has 0 spiro atoms. The number of hydrogen-bond donors (Lipinski definition) is 0. The van der Waals surface area contributed by atoms with Crippen molar-refractivity contribution in [2.75, 3.05) is 7.11 Å². The maximum absolute atomic E-state index is 5.49. The smallest absolute Gasteiger partial charge is 0.199 e. The van der Waals surface area contributed by atoms with Crippen LogP contribution in [0, 0.1) is 0 Å². The standard InChI is InChI=1S/C11H11NO2/c1-3-4-11-12-9-6-5-8(13-2)7-10(9)14-11/h3,5-7H,1,4H2,2H3. The van der Waals surface area contributed by atoms with Crippen LogP contribution in [0.2, 0.25) is 0 Å². The number of allylic oxidation sites excluding steroid dienone is 1. The van der Waals surface area contributed by atoms with Crippen molar-refractivity contribution in [3.63, 3.8) is 0 Å². The molecule has 72 valence electrons. The molecule has 0 aliphatic carbocycles. The Balaban J connectivity index is 2.48. The van der Waals surface area contributed by atoms with Gasteiger partial charge in [0, 0.05) is 12.5 Å². The number of nitrogens with zero attached hydrogens (tertiary/aromatic N) is 1. The van der Waals surface area contributed by atoms with Crippen LogP contribution in [0.3, 0.4) is 0 Å². The average Bonchev–Trinajstić information content (AvgIpc) is 2.59. The maximum Gasteiger partial charge on any atom is 0.199 e. The third kappa shape index (κ3) is 1.48. The van der Waals surface area contributed by atoms with Gasteiger partial charge in [0.15, 0.2) is 11.5 Å². The van der Waals surface area contributed by atoms with E-state index < -0.39 is 0 Å². The molecule has 0 unspecified atom stereocenters. The highest BCUT2D eigenvalue weighted by molar-refractivity contribution is 5.74. The normalized spacial score (nSPS) is 10.4. The molecule has 2 aromatic rings. The number of rotatable bonds is 3. The summed E-state index contributed by atoms with van der Waals surface area (Å²) in [7, 11) is 1.63. The second kappa shape index (κ2) is 3.54. The Kier molecular flexibility index (Phi) is 2.23. The van der Waals surface area contributed by atoms with E-state index in [2.05, 4.69) is 11.6 Å². The highest BCUT2D eigenvalue weighted by Gasteiger charge is 2.04. The van der Waals surface area contributed by atoms with E-state index in [0.717, 1.165) is 16.8 Å². The summed E-state index contributed by atoms with van der Waals surface area (Å²) in [5.41, 5.74) is 1.60. The Morgan fingerprint density at radius 2 is 2.43 bits per heavy atom. The summed E-state index contributed by atoms with van der Waals surface area (Å²) in [6.07, 6.45) is 2.42. The minimum absolute atomic E-state index is 0.650. The fraction of sp³-hybridized carbons (Fsp3) is 0.182. The third-order valence-electron chi connectivity index (χ3n) is 1.96. The van der Waals surface area contributed by atoms with Crippen LogP contribution in [-0.2, 0) is 6.42 Å². The molecular weight excluding hydrogens is 178 g/mol. The topological polar surface area (TPSA) is 35.3 Å². The van der Waals surface area contributed by atoms with Crippen molar-refractivity contribution in [2.45, 2.75) is 6.42 Å². The minimum Gasteiger partial charge on any atom is -0.497 e. The van der Waals surface area contributed by atoms with Crippen molar-refractivity contribution in [3.8, 4) is 5.75 Å². The lowest BCUT2D eigenvalue weighted by Gasteiger charge is -1.95. The maximum atomic E-state index is 5.49. The average molecular weight is 189 g/mol. The number of ether oxygens (including phenoxy) is 1. The molecule has 0 aliphatic heterocycles. The number of oxazole rings is 1. The van der Waals surface area contributed by atoms with Crippen LogP contribution in [0.1, 0.15) is 5.89 Å². The van der Waals surface area contributed by atoms with E-state index in [0.29, 0.717) is 12.3 Å². The second-order valence-electron chi connectivity index (χ2n) is 2.93. The number of aromatic nitrogens is 1. The molecule has 0 saturated carbocycles. The first-order valence-corrected chi connectivity index (χ1v) is 4.38. The van der Waals surface area contributed by atoms with Gasteiger partial charge in [0.25, 0.3) is 0 Å². The van der Waals surface area contributed by atoms with E-state index in [1.165, 1.54) is 0 Å². The third-order valence-corrected chi connectivity index (χ3v) is 1.96. The molecule has 0 fully saturated rings. The summed E-state index contributed by atoms with van der Waals surface area (Å²) >= 11 is 0. The number of fused-ring (bicyclic) bond motifs is 1. The first-order valence-electron chi connectivity index (χ1n) is 4.38. The van der Waals surface area contributed by atoms with Crippen LogP contribution in [0.5, 0.6) is 5.75 Å².